The fraction of sp³-hybridized carbons (Fsp3) is 0.467. The monoisotopic (exact) mass is 324 g/mol. The summed E-state index contributed by atoms with van der Waals surface area (Å²) in [6, 6.07) is 4.31. The molecule has 1 aromatic carbocycles. The lowest BCUT2D eigenvalue weighted by atomic mass is 10.2. The molecule has 0 bridgehead atoms. The third-order valence-electron chi connectivity index (χ3n) is 3.65. The van der Waals surface area contributed by atoms with Crippen molar-refractivity contribution in [2.75, 3.05) is 0 Å². The molecule has 0 unspecified atom stereocenters. The second kappa shape index (κ2) is 4.93. The maximum atomic E-state index is 5.95. The number of benzene rings is 1. The van der Waals surface area contributed by atoms with E-state index < -0.39 is 0 Å². The van der Waals surface area contributed by atoms with Crippen molar-refractivity contribution in [2.24, 2.45) is 0 Å². The molecule has 0 spiro atoms. The molecule has 3 heteroatoms. The predicted molar refractivity (Wildman–Crippen MR) is 81.5 cm³/mol. The Morgan fingerprint density at radius 2 is 1.94 bits per heavy atom. The smallest absolute Gasteiger partial charge is 0.138 e. The highest BCUT2D eigenvalue weighted by atomic mass is 79.9. The Balaban J connectivity index is 2.06. The Hall–Kier alpha value is -0.410. The molecule has 1 aliphatic carbocycles. The van der Waals surface area contributed by atoms with Crippen LogP contribution in [0.4, 0.5) is 0 Å². The number of fused-ring (bicyclic) bond motifs is 1. The van der Waals surface area contributed by atoms with E-state index in [1.165, 1.54) is 41.5 Å². The van der Waals surface area contributed by atoms with Gasteiger partial charge in [-0.15, -0.1) is 11.8 Å². The number of halogens is 1. The van der Waals surface area contributed by atoms with Gasteiger partial charge in [0.25, 0.3) is 0 Å². The van der Waals surface area contributed by atoms with Gasteiger partial charge in [0.2, 0.25) is 0 Å². The summed E-state index contributed by atoms with van der Waals surface area (Å²) in [5.41, 5.74) is 2.26. The Labute approximate surface area is 120 Å². The number of aryl methyl sites for hydroxylation is 2. The topological polar surface area (TPSA) is 13.1 Å². The van der Waals surface area contributed by atoms with E-state index in [1.807, 2.05) is 11.8 Å². The third kappa shape index (κ3) is 2.23. The number of furan rings is 1. The van der Waals surface area contributed by atoms with E-state index >= 15 is 0 Å². The molecule has 1 heterocycles. The largest absolute Gasteiger partial charge is 0.460 e. The van der Waals surface area contributed by atoms with Crippen LogP contribution in [0, 0.1) is 13.8 Å². The Morgan fingerprint density at radius 3 is 2.67 bits per heavy atom. The summed E-state index contributed by atoms with van der Waals surface area (Å²) in [6.45, 7) is 4.20. The van der Waals surface area contributed by atoms with Crippen molar-refractivity contribution >= 4 is 38.7 Å². The molecule has 1 saturated carbocycles. The molecule has 0 saturated heterocycles. The number of thioether (sulfide) groups is 1. The zero-order valence-corrected chi connectivity index (χ0v) is 13.2. The van der Waals surface area contributed by atoms with Crippen LogP contribution in [0.5, 0.6) is 0 Å². The van der Waals surface area contributed by atoms with E-state index in [0.29, 0.717) is 0 Å². The van der Waals surface area contributed by atoms with Gasteiger partial charge >= 0.3 is 0 Å². The number of hydrogen-bond acceptors (Lipinski definition) is 2. The first-order valence-corrected chi connectivity index (χ1v) is 8.18. The van der Waals surface area contributed by atoms with Crippen molar-refractivity contribution in [1.29, 1.82) is 0 Å². The van der Waals surface area contributed by atoms with Crippen LogP contribution in [0.3, 0.4) is 0 Å². The van der Waals surface area contributed by atoms with Crippen LogP contribution in [0.25, 0.3) is 11.0 Å². The van der Waals surface area contributed by atoms with Crippen LogP contribution in [-0.4, -0.2) is 5.25 Å². The van der Waals surface area contributed by atoms with E-state index in [4.69, 9.17) is 4.42 Å². The Kier molecular flexibility index (Phi) is 3.46. The standard InChI is InChI=1S/C15H17BrOS/c1-9-7-11(16)8-13-14(9)17-10(2)15(13)18-12-5-3-4-6-12/h7-8,12H,3-6H2,1-2H3. The quantitative estimate of drug-likeness (QED) is 0.687. The number of hydrogen-bond donors (Lipinski definition) is 0. The second-order valence-corrected chi connectivity index (χ2v) is 7.34. The first-order valence-electron chi connectivity index (χ1n) is 6.51. The highest BCUT2D eigenvalue weighted by molar-refractivity contribution is 9.10. The van der Waals surface area contributed by atoms with Crippen molar-refractivity contribution in [3.8, 4) is 0 Å². The minimum absolute atomic E-state index is 0.781. The summed E-state index contributed by atoms with van der Waals surface area (Å²) < 4.78 is 7.09. The predicted octanol–water partition coefficient (Wildman–Crippen LogP) is 5.85. The van der Waals surface area contributed by atoms with E-state index in [2.05, 4.69) is 41.9 Å². The van der Waals surface area contributed by atoms with Crippen molar-refractivity contribution in [3.05, 3.63) is 27.9 Å². The molecule has 18 heavy (non-hydrogen) atoms. The van der Waals surface area contributed by atoms with Gasteiger partial charge in [0.15, 0.2) is 0 Å². The van der Waals surface area contributed by atoms with Gasteiger partial charge in [0.05, 0.1) is 4.90 Å². The Bertz CT molecular complexity index is 582. The molecular formula is C15H17BrOS. The molecule has 0 radical (unpaired) electrons. The molecule has 0 N–H and O–H groups in total. The summed E-state index contributed by atoms with van der Waals surface area (Å²) in [5.74, 6) is 1.07. The average molecular weight is 325 g/mol. The van der Waals surface area contributed by atoms with Gasteiger partial charge in [0, 0.05) is 15.1 Å². The van der Waals surface area contributed by atoms with Gasteiger partial charge in [-0.2, -0.15) is 0 Å². The third-order valence-corrected chi connectivity index (χ3v) is 5.65. The van der Waals surface area contributed by atoms with Gasteiger partial charge in [0.1, 0.15) is 11.3 Å². The molecule has 0 amide bonds. The highest BCUT2D eigenvalue weighted by Gasteiger charge is 2.21. The molecular weight excluding hydrogens is 308 g/mol. The first-order chi connectivity index (χ1) is 8.65. The van der Waals surface area contributed by atoms with Crippen LogP contribution >= 0.6 is 27.7 Å². The molecule has 1 nitrogen and oxygen atoms in total. The maximum Gasteiger partial charge on any atom is 0.138 e. The molecule has 1 fully saturated rings. The van der Waals surface area contributed by atoms with Crippen LogP contribution in [0.2, 0.25) is 0 Å². The maximum absolute atomic E-state index is 5.95. The van der Waals surface area contributed by atoms with Crippen LogP contribution in [-0.2, 0) is 0 Å². The molecule has 96 valence electrons. The lowest BCUT2D eigenvalue weighted by Gasteiger charge is -2.07. The van der Waals surface area contributed by atoms with Gasteiger partial charge in [-0.1, -0.05) is 28.8 Å². The number of rotatable bonds is 2. The molecule has 0 aliphatic heterocycles. The van der Waals surface area contributed by atoms with Gasteiger partial charge < -0.3 is 4.42 Å². The van der Waals surface area contributed by atoms with Crippen molar-refractivity contribution in [1.82, 2.24) is 0 Å². The SMILES string of the molecule is Cc1oc2c(C)cc(Br)cc2c1SC1CCCC1. The first kappa shape index (κ1) is 12.6. The van der Waals surface area contributed by atoms with Crippen molar-refractivity contribution in [3.63, 3.8) is 0 Å². The highest BCUT2D eigenvalue weighted by Crippen LogP contribution is 2.42. The van der Waals surface area contributed by atoms with Crippen LogP contribution in [0.15, 0.2) is 25.9 Å². The molecule has 0 atom stereocenters. The zero-order chi connectivity index (χ0) is 12.7. The summed E-state index contributed by atoms with van der Waals surface area (Å²) >= 11 is 5.61. The zero-order valence-electron chi connectivity index (χ0n) is 10.8. The lowest BCUT2D eigenvalue weighted by molar-refractivity contribution is 0.566. The van der Waals surface area contributed by atoms with Gasteiger partial charge in [-0.25, -0.2) is 0 Å². The average Bonchev–Trinajstić information content (AvgIpc) is 2.91. The van der Waals surface area contributed by atoms with Crippen LogP contribution in [0.1, 0.15) is 37.0 Å². The van der Waals surface area contributed by atoms with E-state index in [9.17, 15) is 0 Å². The minimum atomic E-state index is 0.781. The van der Waals surface area contributed by atoms with E-state index in [1.54, 1.807) is 0 Å². The van der Waals surface area contributed by atoms with Gasteiger partial charge in [-0.3, -0.25) is 0 Å². The second-order valence-electron chi connectivity index (χ2n) is 5.11. The summed E-state index contributed by atoms with van der Waals surface area (Å²) in [5, 5.41) is 2.06. The normalized spacial score (nSPS) is 16.8. The van der Waals surface area contributed by atoms with Crippen molar-refractivity contribution < 1.29 is 4.42 Å². The molecule has 2 aromatic rings. The van der Waals surface area contributed by atoms with E-state index in [0.717, 1.165) is 21.1 Å². The molecule has 1 aromatic heterocycles. The molecule has 3 rings (SSSR count). The van der Waals surface area contributed by atoms with Crippen LogP contribution < -0.4 is 0 Å². The summed E-state index contributed by atoms with van der Waals surface area (Å²) in [7, 11) is 0. The Morgan fingerprint density at radius 1 is 1.22 bits per heavy atom. The fourth-order valence-electron chi connectivity index (χ4n) is 2.74. The fourth-order valence-corrected chi connectivity index (χ4v) is 4.70. The van der Waals surface area contributed by atoms with E-state index in [-0.39, 0.29) is 0 Å². The lowest BCUT2D eigenvalue weighted by Crippen LogP contribution is -1.93. The minimum Gasteiger partial charge on any atom is -0.460 e. The molecule has 1 aliphatic rings. The van der Waals surface area contributed by atoms with Crippen molar-refractivity contribution in [2.45, 2.75) is 49.7 Å². The van der Waals surface area contributed by atoms with Gasteiger partial charge in [-0.05, 0) is 44.4 Å². The summed E-state index contributed by atoms with van der Waals surface area (Å²) in [4.78, 5) is 1.35. The summed E-state index contributed by atoms with van der Waals surface area (Å²) in [6.07, 6.45) is 5.47.